The summed E-state index contributed by atoms with van der Waals surface area (Å²) >= 11 is 0. The first-order chi connectivity index (χ1) is 29.2. The summed E-state index contributed by atoms with van der Waals surface area (Å²) in [6, 6.07) is 19.2. The monoisotopic (exact) mass is 815 g/mol. The number of aryl methyl sites for hydroxylation is 4. The Hall–Kier alpha value is -4.58. The molecule has 60 heavy (non-hydrogen) atoms. The average Bonchev–Trinajstić information content (AvgIpc) is 3.23. The third-order valence-corrected chi connectivity index (χ3v) is 12.1. The molecule has 5 rings (SSSR count). The highest BCUT2D eigenvalue weighted by molar-refractivity contribution is 6.32. The molecule has 1 aliphatic carbocycles. The normalized spacial score (nSPS) is 12.0. The SMILES string of the molecule is CCCCCCCCCCCCOc1cc(C)c(Nc2ccc(Nc3c(C)cc(OCCCCCCCCCCCC)cc3C)c3c2C(=O)c2ccccc2C3=O)c(C)c1. The summed E-state index contributed by atoms with van der Waals surface area (Å²) in [5, 5.41) is 7.17. The van der Waals surface area contributed by atoms with Crippen molar-refractivity contribution in [2.45, 2.75) is 170 Å². The number of ketones is 2. The molecule has 324 valence electrons. The zero-order valence-electron chi connectivity index (χ0n) is 38.0. The predicted molar refractivity (Wildman–Crippen MR) is 253 cm³/mol. The lowest BCUT2D eigenvalue weighted by atomic mass is 9.82. The van der Waals surface area contributed by atoms with Crippen molar-refractivity contribution < 1.29 is 19.1 Å². The maximum Gasteiger partial charge on any atom is 0.196 e. The molecule has 0 unspecified atom stereocenters. The molecular formula is C54H74N2O4. The molecule has 0 aromatic heterocycles. The summed E-state index contributed by atoms with van der Waals surface area (Å²) in [5.41, 5.74) is 8.71. The van der Waals surface area contributed by atoms with Crippen LogP contribution in [0.1, 0.15) is 196 Å². The Labute approximate surface area is 362 Å². The topological polar surface area (TPSA) is 76.7 Å². The van der Waals surface area contributed by atoms with Crippen molar-refractivity contribution in [2.75, 3.05) is 23.8 Å². The van der Waals surface area contributed by atoms with Gasteiger partial charge in [0.05, 0.1) is 35.7 Å². The smallest absolute Gasteiger partial charge is 0.196 e. The van der Waals surface area contributed by atoms with Crippen LogP contribution in [0.4, 0.5) is 22.7 Å². The number of nitrogens with one attached hydrogen (secondary N) is 2. The van der Waals surface area contributed by atoms with E-state index in [1.807, 2.05) is 24.3 Å². The minimum atomic E-state index is -0.165. The van der Waals surface area contributed by atoms with Crippen molar-refractivity contribution in [2.24, 2.45) is 0 Å². The molecule has 1 aliphatic rings. The van der Waals surface area contributed by atoms with Gasteiger partial charge in [-0.3, -0.25) is 9.59 Å². The van der Waals surface area contributed by atoms with Gasteiger partial charge < -0.3 is 20.1 Å². The van der Waals surface area contributed by atoms with Crippen molar-refractivity contribution in [1.29, 1.82) is 0 Å². The Morgan fingerprint density at radius 3 is 1.03 bits per heavy atom. The molecule has 0 saturated carbocycles. The largest absolute Gasteiger partial charge is 0.494 e. The van der Waals surface area contributed by atoms with E-state index in [0.717, 1.165) is 58.0 Å². The standard InChI is InChI=1S/C54H74N2O4/c1-7-9-11-13-15-17-19-21-23-27-33-59-43-35-39(3)51(40(4)36-43)55-47-31-32-48(50-49(47)53(57)45-29-25-26-30-46(45)54(50)58)56-52-41(5)37-44(38-42(52)6)60-34-28-24-22-20-18-16-14-12-10-8-2/h25-26,29-32,35-38,55-56H,7-24,27-28,33-34H2,1-6H3. The number of benzene rings is 4. The number of hydrogen-bond donors (Lipinski definition) is 2. The summed E-state index contributed by atoms with van der Waals surface area (Å²) in [7, 11) is 0. The summed E-state index contributed by atoms with van der Waals surface area (Å²) < 4.78 is 12.4. The van der Waals surface area contributed by atoms with E-state index in [2.05, 4.69) is 76.4 Å². The minimum Gasteiger partial charge on any atom is -0.494 e. The fourth-order valence-electron chi connectivity index (χ4n) is 8.67. The van der Waals surface area contributed by atoms with E-state index in [-0.39, 0.29) is 11.6 Å². The third-order valence-electron chi connectivity index (χ3n) is 12.1. The van der Waals surface area contributed by atoms with Gasteiger partial charge in [-0.25, -0.2) is 0 Å². The Morgan fingerprint density at radius 2 is 0.717 bits per heavy atom. The van der Waals surface area contributed by atoms with E-state index < -0.39 is 0 Å². The highest BCUT2D eigenvalue weighted by Crippen LogP contribution is 2.41. The fourth-order valence-corrected chi connectivity index (χ4v) is 8.67. The Kier molecular flexibility index (Phi) is 19.1. The van der Waals surface area contributed by atoms with E-state index in [9.17, 15) is 9.59 Å². The van der Waals surface area contributed by atoms with Crippen LogP contribution in [0.5, 0.6) is 11.5 Å². The fraction of sp³-hybridized carbons (Fsp3) is 0.519. The van der Waals surface area contributed by atoms with E-state index in [1.165, 1.54) is 116 Å². The van der Waals surface area contributed by atoms with Crippen LogP contribution in [0.2, 0.25) is 0 Å². The summed E-state index contributed by atoms with van der Waals surface area (Å²) in [5.74, 6) is 1.38. The number of hydrogen-bond acceptors (Lipinski definition) is 6. The molecule has 0 radical (unpaired) electrons. The van der Waals surface area contributed by atoms with Crippen LogP contribution < -0.4 is 20.1 Å². The maximum absolute atomic E-state index is 14.3. The van der Waals surface area contributed by atoms with E-state index >= 15 is 0 Å². The lowest BCUT2D eigenvalue weighted by molar-refractivity contribution is 0.0980. The molecule has 4 aromatic rings. The Bertz CT molecular complexity index is 1810. The van der Waals surface area contributed by atoms with Gasteiger partial charge in [0.15, 0.2) is 11.6 Å². The van der Waals surface area contributed by atoms with E-state index in [4.69, 9.17) is 9.47 Å². The molecule has 4 aromatic carbocycles. The highest BCUT2D eigenvalue weighted by atomic mass is 16.5. The van der Waals surface area contributed by atoms with Gasteiger partial charge in [-0.15, -0.1) is 0 Å². The first kappa shape index (κ1) is 46.5. The molecule has 6 nitrogen and oxygen atoms in total. The Morgan fingerprint density at radius 1 is 0.417 bits per heavy atom. The number of unbranched alkanes of at least 4 members (excludes halogenated alkanes) is 18. The lowest BCUT2D eigenvalue weighted by Gasteiger charge is -2.25. The van der Waals surface area contributed by atoms with Gasteiger partial charge >= 0.3 is 0 Å². The zero-order valence-corrected chi connectivity index (χ0v) is 38.0. The van der Waals surface area contributed by atoms with Crippen molar-refractivity contribution in [3.63, 3.8) is 0 Å². The molecule has 0 bridgehead atoms. The van der Waals surface area contributed by atoms with Crippen LogP contribution in [0.3, 0.4) is 0 Å². The lowest BCUT2D eigenvalue weighted by Crippen LogP contribution is -2.23. The molecule has 0 aliphatic heterocycles. The molecule has 0 atom stereocenters. The van der Waals surface area contributed by atoms with Crippen molar-refractivity contribution in [3.05, 3.63) is 105 Å². The number of fused-ring (bicyclic) bond motifs is 2. The minimum absolute atomic E-state index is 0.165. The second-order valence-corrected chi connectivity index (χ2v) is 17.3. The Balaban J connectivity index is 1.24. The molecule has 0 saturated heterocycles. The second-order valence-electron chi connectivity index (χ2n) is 17.3. The first-order valence-corrected chi connectivity index (χ1v) is 23.6. The quantitative estimate of drug-likeness (QED) is 0.0490. The van der Waals surface area contributed by atoms with Gasteiger partial charge in [0.2, 0.25) is 0 Å². The zero-order chi connectivity index (χ0) is 42.7. The average molecular weight is 815 g/mol. The van der Waals surface area contributed by atoms with Gasteiger partial charge in [-0.1, -0.05) is 154 Å². The van der Waals surface area contributed by atoms with Crippen LogP contribution in [0.15, 0.2) is 60.7 Å². The third kappa shape index (κ3) is 13.2. The summed E-state index contributed by atoms with van der Waals surface area (Å²) in [6.07, 6.45) is 25.9. The second kappa shape index (κ2) is 24.6. The molecule has 6 heteroatoms. The van der Waals surface area contributed by atoms with Gasteiger partial charge in [0.1, 0.15) is 11.5 Å². The van der Waals surface area contributed by atoms with E-state index in [1.54, 1.807) is 12.1 Å². The van der Waals surface area contributed by atoms with Crippen LogP contribution in [0.25, 0.3) is 0 Å². The predicted octanol–water partition coefficient (Wildman–Crippen LogP) is 15.8. The number of carbonyl (C=O) groups is 2. The highest BCUT2D eigenvalue weighted by Gasteiger charge is 2.34. The number of ether oxygens (including phenoxy) is 2. The molecule has 0 fully saturated rings. The maximum atomic E-state index is 14.3. The number of rotatable bonds is 28. The number of anilines is 4. The molecule has 2 N–H and O–H groups in total. The molecule has 0 spiro atoms. The van der Waals surface area contributed by atoms with Crippen LogP contribution >= 0.6 is 0 Å². The van der Waals surface area contributed by atoms with Crippen LogP contribution in [-0.2, 0) is 0 Å². The van der Waals surface area contributed by atoms with Crippen molar-refractivity contribution in [3.8, 4) is 11.5 Å². The van der Waals surface area contributed by atoms with Gasteiger partial charge in [0.25, 0.3) is 0 Å². The van der Waals surface area contributed by atoms with Crippen molar-refractivity contribution >= 4 is 34.3 Å². The van der Waals surface area contributed by atoms with Gasteiger partial charge in [-0.2, -0.15) is 0 Å². The molecular weight excluding hydrogens is 741 g/mol. The number of carbonyl (C=O) groups excluding carboxylic acids is 2. The molecule has 0 heterocycles. The summed E-state index contributed by atoms with van der Waals surface area (Å²) in [4.78, 5) is 28.7. The van der Waals surface area contributed by atoms with Crippen LogP contribution in [-0.4, -0.2) is 24.8 Å². The molecule has 0 amide bonds. The van der Waals surface area contributed by atoms with Gasteiger partial charge in [0, 0.05) is 22.5 Å². The van der Waals surface area contributed by atoms with Crippen molar-refractivity contribution in [1.82, 2.24) is 0 Å². The van der Waals surface area contributed by atoms with Crippen LogP contribution in [0, 0.1) is 27.7 Å². The van der Waals surface area contributed by atoms with Gasteiger partial charge in [-0.05, 0) is 99.2 Å². The first-order valence-electron chi connectivity index (χ1n) is 23.6. The summed E-state index contributed by atoms with van der Waals surface area (Å²) in [6.45, 7) is 14.2. The van der Waals surface area contributed by atoms with E-state index in [0.29, 0.717) is 46.8 Å².